The topological polar surface area (TPSA) is 85.3 Å². The molecule has 4 aromatic rings. The third-order valence-corrected chi connectivity index (χ3v) is 8.66. The number of nitrogens with zero attached hydrogens (tertiary/aromatic N) is 2. The number of rotatable bonds is 7. The smallest absolute Gasteiger partial charge is 0.339 e. The predicted octanol–water partition coefficient (Wildman–Crippen LogP) is 7.89. The van der Waals surface area contributed by atoms with Crippen molar-refractivity contribution in [1.82, 2.24) is 0 Å². The molecule has 11 heteroatoms. The van der Waals surface area contributed by atoms with E-state index in [2.05, 4.69) is 4.99 Å². The van der Waals surface area contributed by atoms with E-state index in [1.807, 2.05) is 6.92 Å². The van der Waals surface area contributed by atoms with E-state index < -0.39 is 10.1 Å². The summed E-state index contributed by atoms with van der Waals surface area (Å²) in [4.78, 5) is 20.2. The van der Waals surface area contributed by atoms with E-state index in [0.717, 1.165) is 5.56 Å². The van der Waals surface area contributed by atoms with Crippen LogP contribution < -0.4 is 13.8 Å². The second-order valence-corrected chi connectivity index (χ2v) is 12.3. The Morgan fingerprint density at radius 1 is 0.854 bits per heavy atom. The fourth-order valence-corrected chi connectivity index (χ4v) is 6.05. The number of carbonyl (C=O) groups is 1. The van der Waals surface area contributed by atoms with E-state index in [-0.39, 0.29) is 22.3 Å². The van der Waals surface area contributed by atoms with Crippen molar-refractivity contribution in [2.45, 2.75) is 11.8 Å². The van der Waals surface area contributed by atoms with Crippen LogP contribution in [0.25, 0.3) is 6.08 Å². The molecule has 0 aliphatic carbocycles. The number of carbonyl (C=O) groups excluding carboxylic acids is 1. The number of halogens is 2. The summed E-state index contributed by atoms with van der Waals surface area (Å²) in [7, 11) is -2.67. The molecule has 1 saturated heterocycles. The van der Waals surface area contributed by atoms with Gasteiger partial charge in [0.1, 0.15) is 4.90 Å². The highest BCUT2D eigenvalue weighted by molar-refractivity contribution is 8.19. The van der Waals surface area contributed by atoms with Gasteiger partial charge in [0, 0.05) is 10.0 Å². The number of amidine groups is 1. The van der Waals surface area contributed by atoms with E-state index in [0.29, 0.717) is 37.1 Å². The molecule has 1 heterocycles. The largest absolute Gasteiger partial charge is 0.493 e. The van der Waals surface area contributed by atoms with Crippen LogP contribution in [0.1, 0.15) is 11.1 Å². The fourth-order valence-electron chi connectivity index (χ4n) is 3.86. The van der Waals surface area contributed by atoms with Gasteiger partial charge in [-0.3, -0.25) is 9.69 Å². The Kier molecular flexibility index (Phi) is 8.42. The van der Waals surface area contributed by atoms with Gasteiger partial charge in [-0.1, -0.05) is 47.0 Å². The molecule has 4 aromatic carbocycles. The molecule has 41 heavy (non-hydrogen) atoms. The normalized spacial score (nSPS) is 15.5. The summed E-state index contributed by atoms with van der Waals surface area (Å²) >= 11 is 13.3. The van der Waals surface area contributed by atoms with E-state index in [1.165, 1.54) is 42.0 Å². The number of thioether (sulfide) groups is 1. The zero-order chi connectivity index (χ0) is 29.1. The minimum Gasteiger partial charge on any atom is -0.493 e. The minimum absolute atomic E-state index is 0.0217. The molecule has 0 bridgehead atoms. The highest BCUT2D eigenvalue weighted by atomic mass is 35.5. The Morgan fingerprint density at radius 3 is 2.12 bits per heavy atom. The van der Waals surface area contributed by atoms with Crippen molar-refractivity contribution in [3.05, 3.63) is 117 Å². The van der Waals surface area contributed by atoms with Crippen molar-refractivity contribution in [3.63, 3.8) is 0 Å². The van der Waals surface area contributed by atoms with Crippen LogP contribution in [0.15, 0.2) is 106 Å². The lowest BCUT2D eigenvalue weighted by molar-refractivity contribution is -0.113. The summed E-state index contributed by atoms with van der Waals surface area (Å²) in [6.07, 6.45) is 1.68. The van der Waals surface area contributed by atoms with Crippen LogP contribution in [-0.2, 0) is 14.9 Å². The molecule has 0 unspecified atom stereocenters. The number of benzene rings is 4. The Morgan fingerprint density at radius 2 is 1.49 bits per heavy atom. The second-order valence-electron chi connectivity index (χ2n) is 8.86. The average Bonchev–Trinajstić information content (AvgIpc) is 3.25. The summed E-state index contributed by atoms with van der Waals surface area (Å²) < 4.78 is 36.4. The molecule has 1 fully saturated rings. The van der Waals surface area contributed by atoms with Gasteiger partial charge in [-0.25, -0.2) is 4.99 Å². The van der Waals surface area contributed by atoms with E-state index in [1.54, 1.807) is 78.9 Å². The molecule has 1 aliphatic heterocycles. The molecule has 0 saturated carbocycles. The van der Waals surface area contributed by atoms with Crippen LogP contribution in [0.5, 0.6) is 11.5 Å². The van der Waals surface area contributed by atoms with Crippen LogP contribution in [0.4, 0.5) is 11.4 Å². The van der Waals surface area contributed by atoms with Crippen LogP contribution in [0, 0.1) is 6.92 Å². The summed E-state index contributed by atoms with van der Waals surface area (Å²) in [5.74, 6) is -0.0743. The summed E-state index contributed by atoms with van der Waals surface area (Å²) in [6.45, 7) is 1.86. The standard InChI is InChI=1S/C30H22Cl2N2O5S2/c1-19-3-14-25(15-4-19)41(36,37)39-26-16-5-20(17-27(26)38-2)18-28-29(35)34(24-12-8-22(32)9-13-24)30(40-28)33-23-10-6-21(31)7-11-23/h3-18H,1-2H3/b28-18-,33-30?. The van der Waals surface area contributed by atoms with Crippen molar-refractivity contribution in [2.75, 3.05) is 12.0 Å². The second kappa shape index (κ2) is 12.0. The molecule has 5 rings (SSSR count). The summed E-state index contributed by atoms with van der Waals surface area (Å²) in [5, 5.41) is 1.56. The zero-order valence-electron chi connectivity index (χ0n) is 21.7. The number of aliphatic imine (C=N–C) groups is 1. The van der Waals surface area contributed by atoms with Gasteiger partial charge < -0.3 is 8.92 Å². The Hall–Kier alpha value is -3.76. The third-order valence-electron chi connectivity index (χ3n) is 5.94. The molecule has 7 nitrogen and oxygen atoms in total. The Balaban J connectivity index is 1.47. The first kappa shape index (κ1) is 28.8. The molecule has 1 aliphatic rings. The van der Waals surface area contributed by atoms with E-state index in [4.69, 9.17) is 32.1 Å². The van der Waals surface area contributed by atoms with Gasteiger partial charge in [0.15, 0.2) is 16.7 Å². The highest BCUT2D eigenvalue weighted by Gasteiger charge is 2.35. The number of amides is 1. The van der Waals surface area contributed by atoms with Gasteiger partial charge in [0.25, 0.3) is 5.91 Å². The zero-order valence-corrected chi connectivity index (χ0v) is 24.9. The molecule has 0 radical (unpaired) electrons. The molecule has 0 spiro atoms. The molecule has 208 valence electrons. The lowest BCUT2D eigenvalue weighted by atomic mass is 10.2. The first-order valence-electron chi connectivity index (χ1n) is 12.2. The van der Waals surface area contributed by atoms with Crippen LogP contribution in [0.2, 0.25) is 10.0 Å². The minimum atomic E-state index is -4.08. The Bertz CT molecular complexity index is 1770. The van der Waals surface area contributed by atoms with Crippen LogP contribution in [0.3, 0.4) is 0 Å². The van der Waals surface area contributed by atoms with Crippen molar-refractivity contribution in [2.24, 2.45) is 4.99 Å². The van der Waals surface area contributed by atoms with E-state index in [9.17, 15) is 13.2 Å². The molecular formula is C30H22Cl2N2O5S2. The highest BCUT2D eigenvalue weighted by Crippen LogP contribution is 2.39. The van der Waals surface area contributed by atoms with E-state index >= 15 is 0 Å². The number of anilines is 1. The van der Waals surface area contributed by atoms with Crippen LogP contribution in [-0.4, -0.2) is 26.6 Å². The molecule has 0 aromatic heterocycles. The lowest BCUT2D eigenvalue weighted by Gasteiger charge is -2.15. The Labute approximate surface area is 252 Å². The monoisotopic (exact) mass is 624 g/mol. The van der Waals surface area contributed by atoms with Gasteiger partial charge in [-0.2, -0.15) is 8.42 Å². The maximum Gasteiger partial charge on any atom is 0.339 e. The quantitative estimate of drug-likeness (QED) is 0.153. The number of methoxy groups -OCH3 is 1. The van der Waals surface area contributed by atoms with Crippen molar-refractivity contribution in [1.29, 1.82) is 0 Å². The number of hydrogen-bond donors (Lipinski definition) is 0. The van der Waals surface area contributed by atoms with Gasteiger partial charge in [-0.15, -0.1) is 0 Å². The van der Waals surface area contributed by atoms with Crippen molar-refractivity contribution < 1.29 is 22.1 Å². The maximum absolute atomic E-state index is 13.6. The lowest BCUT2D eigenvalue weighted by Crippen LogP contribution is -2.28. The first-order chi connectivity index (χ1) is 19.6. The maximum atomic E-state index is 13.6. The SMILES string of the molecule is COc1cc(/C=C2\SC(=Nc3ccc(Cl)cc3)N(c3ccc(Cl)cc3)C2=O)ccc1OS(=O)(=O)c1ccc(C)cc1. The average molecular weight is 626 g/mol. The number of ether oxygens (including phenoxy) is 1. The van der Waals surface area contributed by atoms with Gasteiger partial charge in [0.05, 0.1) is 23.4 Å². The summed E-state index contributed by atoms with van der Waals surface area (Å²) in [6, 6.07) is 24.9. The molecule has 0 N–H and O–H groups in total. The number of aryl methyl sites for hydroxylation is 1. The predicted molar refractivity (Wildman–Crippen MR) is 165 cm³/mol. The van der Waals surface area contributed by atoms with Crippen molar-refractivity contribution >= 4 is 73.6 Å². The molecule has 1 amide bonds. The van der Waals surface area contributed by atoms with Gasteiger partial charge in [-0.05, 0) is 103 Å². The van der Waals surface area contributed by atoms with Crippen molar-refractivity contribution in [3.8, 4) is 11.5 Å². The summed E-state index contributed by atoms with van der Waals surface area (Å²) in [5.41, 5.74) is 2.75. The van der Waals surface area contributed by atoms with Crippen LogP contribution >= 0.6 is 35.0 Å². The van der Waals surface area contributed by atoms with Gasteiger partial charge in [0.2, 0.25) is 0 Å². The molecular weight excluding hydrogens is 603 g/mol. The number of hydrogen-bond acceptors (Lipinski definition) is 7. The fraction of sp³-hybridized carbons (Fsp3) is 0.0667. The van der Waals surface area contributed by atoms with Gasteiger partial charge >= 0.3 is 10.1 Å². The third kappa shape index (κ3) is 6.60. The first-order valence-corrected chi connectivity index (χ1v) is 15.1. The molecule has 0 atom stereocenters.